The van der Waals surface area contributed by atoms with Gasteiger partial charge >= 0.3 is 27.1 Å². The fourth-order valence-corrected chi connectivity index (χ4v) is 2.32. The Morgan fingerprint density at radius 1 is 1.00 bits per heavy atom. The van der Waals surface area contributed by atoms with Crippen LogP contribution in [0.2, 0.25) is 0 Å². The molecule has 0 saturated carbocycles. The van der Waals surface area contributed by atoms with E-state index in [1.54, 1.807) is 0 Å². The average molecular weight is 311 g/mol. The van der Waals surface area contributed by atoms with Gasteiger partial charge in [-0.05, 0) is 54.7 Å². The van der Waals surface area contributed by atoms with Crippen molar-refractivity contribution in [3.05, 3.63) is 58.1 Å². The fraction of sp³-hybridized carbons (Fsp3) is 0.188. The number of rotatable bonds is 2. The first-order chi connectivity index (χ1) is 9.82. The van der Waals surface area contributed by atoms with Crippen LogP contribution in [0.3, 0.4) is 0 Å². The van der Waals surface area contributed by atoms with E-state index in [1.165, 1.54) is 16.7 Å². The van der Waals surface area contributed by atoms with Crippen LogP contribution < -0.4 is 18.9 Å². The van der Waals surface area contributed by atoms with E-state index in [2.05, 4.69) is 13.8 Å². The van der Waals surface area contributed by atoms with E-state index >= 15 is 0 Å². The molecule has 2 N–H and O–H groups in total. The predicted molar refractivity (Wildman–Crippen MR) is 82.7 cm³/mol. The van der Waals surface area contributed by atoms with Crippen molar-refractivity contribution in [3.8, 4) is 11.1 Å². The monoisotopic (exact) mass is 311 g/mol. The zero-order valence-corrected chi connectivity index (χ0v) is 13.9. The Balaban J connectivity index is 0.000000731. The minimum atomic E-state index is -2.87. The largest absolute Gasteiger partial charge is 1.00 e. The summed E-state index contributed by atoms with van der Waals surface area (Å²) < 4.78 is 8.70. The Bertz CT molecular complexity index is 758. The topological polar surface area (TPSA) is 74.6 Å². The van der Waals surface area contributed by atoms with Crippen molar-refractivity contribution < 1.29 is 39.4 Å². The van der Waals surface area contributed by atoms with Gasteiger partial charge in [0.1, 0.15) is 0 Å². The molecule has 4 nitrogen and oxygen atoms in total. The normalized spacial score (nSPS) is 10.0. The van der Waals surface area contributed by atoms with E-state index in [4.69, 9.17) is 14.4 Å². The molecule has 0 radical (unpaired) electrons. The maximum atomic E-state index is 12.4. The molecular formula is C16H17LiO4P+. The molecule has 0 fully saturated rings. The van der Waals surface area contributed by atoms with E-state index in [1.807, 2.05) is 37.3 Å². The zero-order valence-electron chi connectivity index (χ0n) is 14.0. The van der Waals surface area contributed by atoms with Crippen LogP contribution in [-0.4, -0.2) is 15.6 Å². The molecule has 0 unspecified atom stereocenters. The van der Waals surface area contributed by atoms with Gasteiger partial charge in [-0.25, -0.2) is 0 Å². The smallest absolute Gasteiger partial charge is 1.00 e. The Morgan fingerprint density at radius 2 is 1.59 bits per heavy atom. The van der Waals surface area contributed by atoms with Crippen molar-refractivity contribution in [3.63, 3.8) is 0 Å². The van der Waals surface area contributed by atoms with Crippen LogP contribution in [0.25, 0.3) is 11.1 Å². The molecule has 0 aliphatic heterocycles. The van der Waals surface area contributed by atoms with E-state index in [0.29, 0.717) is 0 Å². The van der Waals surface area contributed by atoms with Gasteiger partial charge in [0, 0.05) is 15.7 Å². The summed E-state index contributed by atoms with van der Waals surface area (Å²) in [6, 6.07) is 10.0. The van der Waals surface area contributed by atoms with Crippen molar-refractivity contribution in [2.75, 3.05) is 0 Å². The van der Waals surface area contributed by atoms with Gasteiger partial charge in [-0.15, -0.1) is 9.79 Å². The Kier molecular flexibility index (Phi) is 6.25. The van der Waals surface area contributed by atoms with Crippen LogP contribution in [0.15, 0.2) is 30.3 Å². The van der Waals surface area contributed by atoms with Crippen LogP contribution >= 0.6 is 8.25 Å². The van der Waals surface area contributed by atoms with Gasteiger partial charge < -0.3 is 1.43 Å². The van der Waals surface area contributed by atoms with Gasteiger partial charge in [-0.2, -0.15) is 0 Å². The minimum absolute atomic E-state index is 0. The van der Waals surface area contributed by atoms with Crippen molar-refractivity contribution >= 4 is 14.0 Å². The third-order valence-electron chi connectivity index (χ3n) is 3.88. The molecule has 6 heteroatoms. The standard InChI is InChI=1S/C16H14O.Li.HO3P.H/c1-9-4-6-13(11(3)10(9)2)16(17)15-8-12-5-7-14(12)15;;1-4(2)3;/h4-8H,1-3H3;;(H-,1,2,3);/q;+1;;-1/p+1. The van der Waals surface area contributed by atoms with Gasteiger partial charge in [0.25, 0.3) is 0 Å². The summed E-state index contributed by atoms with van der Waals surface area (Å²) >= 11 is 0. The van der Waals surface area contributed by atoms with E-state index in [9.17, 15) is 4.79 Å². The molecule has 22 heavy (non-hydrogen) atoms. The second kappa shape index (κ2) is 7.33. The number of carbonyl (C=O) groups is 1. The van der Waals surface area contributed by atoms with Crippen molar-refractivity contribution in [2.45, 2.75) is 20.8 Å². The van der Waals surface area contributed by atoms with Crippen LogP contribution in [-0.2, 0) is 4.57 Å². The zero-order chi connectivity index (χ0) is 15.7. The summed E-state index contributed by atoms with van der Waals surface area (Å²) in [6.07, 6.45) is 0. The molecule has 0 aromatic heterocycles. The second-order valence-corrected chi connectivity index (χ2v) is 5.53. The number of carbonyl (C=O) groups excluding carboxylic acids is 1. The molecule has 0 spiro atoms. The summed E-state index contributed by atoms with van der Waals surface area (Å²) in [6.45, 7) is 6.18. The first kappa shape index (κ1) is 18.8. The Morgan fingerprint density at radius 3 is 2.00 bits per heavy atom. The molecule has 0 heterocycles. The van der Waals surface area contributed by atoms with Crippen molar-refractivity contribution in [1.82, 2.24) is 0 Å². The van der Waals surface area contributed by atoms with Crippen LogP contribution in [0.5, 0.6) is 0 Å². The quantitative estimate of drug-likeness (QED) is 0.412. The third-order valence-corrected chi connectivity index (χ3v) is 3.88. The van der Waals surface area contributed by atoms with Gasteiger partial charge in [0.15, 0.2) is 5.78 Å². The predicted octanol–water partition coefficient (Wildman–Crippen LogP) is 0.568. The summed E-state index contributed by atoms with van der Waals surface area (Å²) in [4.78, 5) is 26.6. The molecule has 0 atom stereocenters. The molecular weight excluding hydrogens is 294 g/mol. The minimum Gasteiger partial charge on any atom is -1.00 e. The number of fused-ring (bicyclic) bond motifs is 1. The van der Waals surface area contributed by atoms with Crippen molar-refractivity contribution in [2.24, 2.45) is 0 Å². The van der Waals surface area contributed by atoms with Crippen LogP contribution in [0.4, 0.5) is 0 Å². The SMILES string of the molecule is Cc1ccc(C(=O)c2cc3ccc2-3)c(C)c1C.O=[P+](O)O.[H-].[Li+]. The first-order valence-electron chi connectivity index (χ1n) is 6.44. The van der Waals surface area contributed by atoms with Crippen LogP contribution in [0.1, 0.15) is 34.0 Å². The van der Waals surface area contributed by atoms with Gasteiger partial charge in [0.05, 0.1) is 0 Å². The Hall–Kier alpha value is -1.27. The summed E-state index contributed by atoms with van der Waals surface area (Å²) in [5.74, 6) is 0.161. The molecule has 1 aromatic carbocycles. The number of hydrogen-bond acceptors (Lipinski definition) is 2. The van der Waals surface area contributed by atoms with Gasteiger partial charge in [0.2, 0.25) is 0 Å². The van der Waals surface area contributed by atoms with Gasteiger partial charge in [-0.1, -0.05) is 24.3 Å². The summed E-state index contributed by atoms with van der Waals surface area (Å²) in [5, 5.41) is 0. The molecule has 0 saturated heterocycles. The molecule has 1 aromatic rings. The molecule has 2 aliphatic carbocycles. The first-order valence-corrected chi connectivity index (χ1v) is 7.60. The number of benzene rings is 2. The molecule has 3 rings (SSSR count). The maximum absolute atomic E-state index is 12.4. The summed E-state index contributed by atoms with van der Waals surface area (Å²) in [7, 11) is -2.87. The number of aryl methyl sites for hydroxylation is 1. The van der Waals surface area contributed by atoms with Crippen LogP contribution in [0, 0.1) is 20.8 Å². The molecule has 2 aliphatic rings. The Labute approximate surface area is 143 Å². The molecule has 0 amide bonds. The summed E-state index contributed by atoms with van der Waals surface area (Å²) in [5.41, 5.74) is 7.62. The average Bonchev–Trinajstić information content (AvgIpc) is 2.38. The second-order valence-electron chi connectivity index (χ2n) is 5.02. The van der Waals surface area contributed by atoms with E-state index in [-0.39, 0.29) is 26.1 Å². The maximum Gasteiger partial charge on any atom is 1.00 e. The van der Waals surface area contributed by atoms with E-state index < -0.39 is 8.25 Å². The van der Waals surface area contributed by atoms with E-state index in [0.717, 1.165) is 22.3 Å². The number of ketones is 1. The molecule has 110 valence electrons. The fourth-order valence-electron chi connectivity index (χ4n) is 2.32. The number of hydrogen-bond donors (Lipinski definition) is 2. The van der Waals surface area contributed by atoms with Crippen molar-refractivity contribution in [1.29, 1.82) is 0 Å². The third kappa shape index (κ3) is 3.55. The molecule has 0 bridgehead atoms. The van der Waals surface area contributed by atoms with Gasteiger partial charge in [-0.3, -0.25) is 4.79 Å².